The number of rotatable bonds is 2. The van der Waals surface area contributed by atoms with E-state index in [4.69, 9.17) is 4.42 Å². The van der Waals surface area contributed by atoms with Crippen molar-refractivity contribution in [3.8, 4) is 11.3 Å². The van der Waals surface area contributed by atoms with Gasteiger partial charge < -0.3 is 14.6 Å². The molecule has 4 rings (SSSR count). The number of thiophene rings is 1. The van der Waals surface area contributed by atoms with Crippen LogP contribution in [0.3, 0.4) is 0 Å². The Morgan fingerprint density at radius 3 is 3.14 bits per heavy atom. The van der Waals surface area contributed by atoms with Crippen LogP contribution >= 0.6 is 11.3 Å². The third kappa shape index (κ3) is 2.32. The molecule has 0 spiro atoms. The highest BCUT2D eigenvalue weighted by atomic mass is 32.1. The van der Waals surface area contributed by atoms with Gasteiger partial charge in [-0.2, -0.15) is 0 Å². The van der Waals surface area contributed by atoms with E-state index in [0.717, 1.165) is 43.0 Å². The molecule has 0 bridgehead atoms. The average molecular weight is 316 g/mol. The maximum Gasteiger partial charge on any atom is 0.261 e. The van der Waals surface area contributed by atoms with Crippen LogP contribution in [-0.2, 0) is 0 Å². The Hall–Kier alpha value is -2.12. The van der Waals surface area contributed by atoms with Gasteiger partial charge >= 0.3 is 0 Å². The van der Waals surface area contributed by atoms with Crippen molar-refractivity contribution in [1.82, 2.24) is 15.3 Å². The van der Waals surface area contributed by atoms with Crippen LogP contribution in [0.15, 0.2) is 33.0 Å². The molecule has 1 fully saturated rings. The largest absolute Gasteiger partial charge is 0.464 e. The van der Waals surface area contributed by atoms with Crippen LogP contribution in [0.2, 0.25) is 0 Å². The molecule has 1 aliphatic heterocycles. The van der Waals surface area contributed by atoms with Crippen molar-refractivity contribution in [1.29, 1.82) is 0 Å². The number of H-pyrrole nitrogens is 1. The van der Waals surface area contributed by atoms with Gasteiger partial charge in [0, 0.05) is 30.6 Å². The van der Waals surface area contributed by atoms with Gasteiger partial charge in [-0.05, 0) is 25.1 Å². The molecule has 22 heavy (non-hydrogen) atoms. The van der Waals surface area contributed by atoms with Crippen LogP contribution in [0.5, 0.6) is 0 Å². The van der Waals surface area contributed by atoms with Crippen molar-refractivity contribution in [2.45, 2.75) is 6.42 Å². The molecule has 0 radical (unpaired) electrons. The second kappa shape index (κ2) is 5.58. The Balaban J connectivity index is 1.79. The lowest BCUT2D eigenvalue weighted by Crippen LogP contribution is -2.30. The molecule has 7 heteroatoms. The molecule has 114 valence electrons. The van der Waals surface area contributed by atoms with Crippen molar-refractivity contribution >= 4 is 27.5 Å². The molecule has 0 amide bonds. The summed E-state index contributed by atoms with van der Waals surface area (Å²) >= 11 is 1.48. The third-order valence-corrected chi connectivity index (χ3v) is 4.73. The van der Waals surface area contributed by atoms with E-state index in [1.807, 2.05) is 17.5 Å². The van der Waals surface area contributed by atoms with Gasteiger partial charge in [0.2, 0.25) is 5.95 Å². The van der Waals surface area contributed by atoms with Crippen molar-refractivity contribution in [3.05, 3.63) is 34.1 Å². The number of anilines is 1. The SMILES string of the molecule is O=c1[nH]c(N2CCCNCC2)nc2scc(-c3ccco3)c12. The zero-order valence-electron chi connectivity index (χ0n) is 12.0. The van der Waals surface area contributed by atoms with E-state index < -0.39 is 0 Å². The van der Waals surface area contributed by atoms with Gasteiger partial charge in [0.1, 0.15) is 10.6 Å². The maximum absolute atomic E-state index is 12.5. The molecule has 6 nitrogen and oxygen atoms in total. The Labute approximate surface area is 130 Å². The Morgan fingerprint density at radius 2 is 2.27 bits per heavy atom. The minimum atomic E-state index is -0.107. The molecule has 4 heterocycles. The monoisotopic (exact) mass is 316 g/mol. The Morgan fingerprint density at radius 1 is 1.32 bits per heavy atom. The van der Waals surface area contributed by atoms with E-state index >= 15 is 0 Å². The highest BCUT2D eigenvalue weighted by molar-refractivity contribution is 7.17. The third-order valence-electron chi connectivity index (χ3n) is 3.86. The summed E-state index contributed by atoms with van der Waals surface area (Å²) in [6.45, 7) is 3.66. The van der Waals surface area contributed by atoms with E-state index in [-0.39, 0.29) is 5.56 Å². The lowest BCUT2D eigenvalue weighted by atomic mass is 10.2. The highest BCUT2D eigenvalue weighted by Crippen LogP contribution is 2.31. The normalized spacial score (nSPS) is 16.1. The van der Waals surface area contributed by atoms with Crippen LogP contribution in [0.1, 0.15) is 6.42 Å². The first kappa shape index (κ1) is 13.5. The molecule has 0 atom stereocenters. The van der Waals surface area contributed by atoms with Gasteiger partial charge in [0.15, 0.2) is 0 Å². The molecule has 2 N–H and O–H groups in total. The number of aromatic nitrogens is 2. The number of hydrogen-bond donors (Lipinski definition) is 2. The fourth-order valence-corrected chi connectivity index (χ4v) is 3.68. The molecule has 0 aromatic carbocycles. The molecular weight excluding hydrogens is 300 g/mol. The molecule has 1 aliphatic rings. The predicted molar refractivity (Wildman–Crippen MR) is 87.6 cm³/mol. The van der Waals surface area contributed by atoms with Crippen LogP contribution in [0.4, 0.5) is 5.95 Å². The molecular formula is C15H16N4O2S. The summed E-state index contributed by atoms with van der Waals surface area (Å²) in [6, 6.07) is 3.67. The molecule has 3 aromatic rings. The van der Waals surface area contributed by atoms with Crippen molar-refractivity contribution in [2.75, 3.05) is 31.1 Å². The predicted octanol–water partition coefficient (Wildman–Crippen LogP) is 2.04. The van der Waals surface area contributed by atoms with E-state index in [1.165, 1.54) is 11.3 Å². The second-order valence-electron chi connectivity index (χ2n) is 5.29. The summed E-state index contributed by atoms with van der Waals surface area (Å²) in [4.78, 5) is 23.0. The van der Waals surface area contributed by atoms with Crippen LogP contribution in [0.25, 0.3) is 21.5 Å². The van der Waals surface area contributed by atoms with Gasteiger partial charge in [-0.1, -0.05) is 0 Å². The minimum Gasteiger partial charge on any atom is -0.464 e. The molecule has 0 aliphatic carbocycles. The fraction of sp³-hybridized carbons (Fsp3) is 0.333. The summed E-state index contributed by atoms with van der Waals surface area (Å²) in [5.41, 5.74) is 0.702. The summed E-state index contributed by atoms with van der Waals surface area (Å²) < 4.78 is 5.41. The molecule has 0 saturated carbocycles. The zero-order valence-corrected chi connectivity index (χ0v) is 12.8. The second-order valence-corrected chi connectivity index (χ2v) is 6.15. The molecule has 1 saturated heterocycles. The van der Waals surface area contributed by atoms with Crippen molar-refractivity contribution < 1.29 is 4.42 Å². The van der Waals surface area contributed by atoms with E-state index in [1.54, 1.807) is 6.26 Å². The van der Waals surface area contributed by atoms with Crippen LogP contribution in [-0.4, -0.2) is 36.1 Å². The van der Waals surface area contributed by atoms with Gasteiger partial charge in [-0.3, -0.25) is 9.78 Å². The Kier molecular flexibility index (Phi) is 3.44. The summed E-state index contributed by atoms with van der Waals surface area (Å²) in [5.74, 6) is 1.36. The lowest BCUT2D eigenvalue weighted by Gasteiger charge is -2.20. The Bertz CT molecular complexity index is 829. The van der Waals surface area contributed by atoms with E-state index in [9.17, 15) is 4.79 Å². The zero-order chi connectivity index (χ0) is 14.9. The smallest absolute Gasteiger partial charge is 0.261 e. The molecule has 0 unspecified atom stereocenters. The standard InChI is InChI=1S/C15H16N4O2S/c20-13-12-10(11-3-1-8-21-11)9-22-14(12)18-15(17-13)19-6-2-4-16-5-7-19/h1,3,8-9,16H,2,4-7H2,(H,17,18,20). The first-order valence-corrected chi connectivity index (χ1v) is 8.22. The first-order valence-electron chi connectivity index (χ1n) is 7.34. The number of furan rings is 1. The van der Waals surface area contributed by atoms with Gasteiger partial charge in [-0.15, -0.1) is 11.3 Å². The van der Waals surface area contributed by atoms with Crippen LogP contribution < -0.4 is 15.8 Å². The number of aromatic amines is 1. The average Bonchev–Trinajstić information content (AvgIpc) is 3.10. The molecule has 3 aromatic heterocycles. The van der Waals surface area contributed by atoms with Crippen LogP contribution in [0, 0.1) is 0 Å². The summed E-state index contributed by atoms with van der Waals surface area (Å²) in [5, 5.41) is 5.89. The number of fused-ring (bicyclic) bond motifs is 1. The van der Waals surface area contributed by atoms with Gasteiger partial charge in [0.05, 0.1) is 11.6 Å². The first-order chi connectivity index (χ1) is 10.8. The summed E-state index contributed by atoms with van der Waals surface area (Å²) in [7, 11) is 0. The minimum absolute atomic E-state index is 0.107. The van der Waals surface area contributed by atoms with Crippen molar-refractivity contribution in [2.24, 2.45) is 0 Å². The van der Waals surface area contributed by atoms with E-state index in [0.29, 0.717) is 17.1 Å². The number of nitrogens with one attached hydrogen (secondary N) is 2. The van der Waals surface area contributed by atoms with Gasteiger partial charge in [-0.25, -0.2) is 4.98 Å². The van der Waals surface area contributed by atoms with Crippen molar-refractivity contribution in [3.63, 3.8) is 0 Å². The summed E-state index contributed by atoms with van der Waals surface area (Å²) in [6.07, 6.45) is 2.66. The fourth-order valence-electron chi connectivity index (χ4n) is 2.76. The van der Waals surface area contributed by atoms with E-state index in [2.05, 4.69) is 20.2 Å². The van der Waals surface area contributed by atoms with Gasteiger partial charge in [0.25, 0.3) is 5.56 Å². The number of hydrogen-bond acceptors (Lipinski definition) is 6. The topological polar surface area (TPSA) is 74.2 Å². The highest BCUT2D eigenvalue weighted by Gasteiger charge is 2.17. The number of nitrogens with zero attached hydrogens (tertiary/aromatic N) is 2. The lowest BCUT2D eigenvalue weighted by molar-refractivity contribution is 0.583. The maximum atomic E-state index is 12.5. The quantitative estimate of drug-likeness (QED) is 0.757.